The Bertz CT molecular complexity index is 478. The van der Waals surface area contributed by atoms with Gasteiger partial charge in [-0.3, -0.25) is 0 Å². The molecule has 0 fully saturated rings. The second-order valence-electron chi connectivity index (χ2n) is 4.73. The number of nitrogens with zero attached hydrogens (tertiary/aromatic N) is 3. The third-order valence-corrected chi connectivity index (χ3v) is 3.30. The van der Waals surface area contributed by atoms with Crippen LogP contribution in [0.3, 0.4) is 0 Å². The van der Waals surface area contributed by atoms with Crippen molar-refractivity contribution in [3.8, 4) is 5.69 Å². The first-order chi connectivity index (χ1) is 9.35. The van der Waals surface area contributed by atoms with Gasteiger partial charge in [-0.15, -0.1) is 0 Å². The SMILES string of the molecule is CCCCCC(NC)c1cnn(-c2ccccc2)n1. The van der Waals surface area contributed by atoms with Gasteiger partial charge in [0.25, 0.3) is 0 Å². The van der Waals surface area contributed by atoms with Gasteiger partial charge in [0, 0.05) is 0 Å². The van der Waals surface area contributed by atoms with E-state index in [4.69, 9.17) is 0 Å². The maximum Gasteiger partial charge on any atom is 0.100 e. The molecular weight excluding hydrogens is 236 g/mol. The molecule has 0 saturated carbocycles. The summed E-state index contributed by atoms with van der Waals surface area (Å²) in [5.74, 6) is 0. The van der Waals surface area contributed by atoms with Gasteiger partial charge in [0.05, 0.1) is 17.9 Å². The van der Waals surface area contributed by atoms with Crippen LogP contribution in [0.2, 0.25) is 0 Å². The van der Waals surface area contributed by atoms with E-state index in [1.165, 1.54) is 19.3 Å². The summed E-state index contributed by atoms with van der Waals surface area (Å²) < 4.78 is 0. The number of hydrogen-bond donors (Lipinski definition) is 1. The van der Waals surface area contributed by atoms with Gasteiger partial charge < -0.3 is 5.32 Å². The number of benzene rings is 1. The van der Waals surface area contributed by atoms with Crippen molar-refractivity contribution in [3.63, 3.8) is 0 Å². The molecule has 1 atom stereocenters. The van der Waals surface area contributed by atoms with Gasteiger partial charge in [-0.2, -0.15) is 15.0 Å². The minimum absolute atomic E-state index is 0.295. The molecule has 0 aliphatic carbocycles. The normalized spacial score (nSPS) is 12.5. The quantitative estimate of drug-likeness (QED) is 0.776. The Morgan fingerprint density at radius 2 is 2.00 bits per heavy atom. The minimum atomic E-state index is 0.295. The monoisotopic (exact) mass is 258 g/mol. The maximum atomic E-state index is 4.57. The van der Waals surface area contributed by atoms with E-state index in [0.29, 0.717) is 6.04 Å². The summed E-state index contributed by atoms with van der Waals surface area (Å²) >= 11 is 0. The number of hydrogen-bond acceptors (Lipinski definition) is 3. The summed E-state index contributed by atoms with van der Waals surface area (Å²) in [5.41, 5.74) is 2.01. The van der Waals surface area contributed by atoms with Crippen LogP contribution in [-0.2, 0) is 0 Å². The molecular formula is C15H22N4. The average Bonchev–Trinajstić information content (AvgIpc) is 2.94. The van der Waals surface area contributed by atoms with E-state index in [1.807, 2.05) is 43.6 Å². The summed E-state index contributed by atoms with van der Waals surface area (Å²) in [6.07, 6.45) is 6.70. The summed E-state index contributed by atoms with van der Waals surface area (Å²) in [5, 5.41) is 12.2. The van der Waals surface area contributed by atoms with Gasteiger partial charge in [-0.25, -0.2) is 0 Å². The van der Waals surface area contributed by atoms with Gasteiger partial charge >= 0.3 is 0 Å². The molecule has 2 rings (SSSR count). The molecule has 0 aliphatic heterocycles. The smallest absolute Gasteiger partial charge is 0.100 e. The summed E-state index contributed by atoms with van der Waals surface area (Å²) in [4.78, 5) is 1.69. The Balaban J connectivity index is 2.06. The van der Waals surface area contributed by atoms with E-state index in [9.17, 15) is 0 Å². The molecule has 102 valence electrons. The van der Waals surface area contributed by atoms with Crippen LogP contribution in [0, 0.1) is 0 Å². The second-order valence-corrected chi connectivity index (χ2v) is 4.73. The van der Waals surface area contributed by atoms with E-state index < -0.39 is 0 Å². The highest BCUT2D eigenvalue weighted by Crippen LogP contribution is 2.17. The van der Waals surface area contributed by atoms with Crippen molar-refractivity contribution in [2.45, 2.75) is 38.6 Å². The third-order valence-electron chi connectivity index (χ3n) is 3.30. The molecule has 1 heterocycles. The summed E-state index contributed by atoms with van der Waals surface area (Å²) in [7, 11) is 1.98. The van der Waals surface area contributed by atoms with Crippen molar-refractivity contribution in [1.82, 2.24) is 20.3 Å². The van der Waals surface area contributed by atoms with Crippen molar-refractivity contribution in [3.05, 3.63) is 42.2 Å². The van der Waals surface area contributed by atoms with E-state index in [2.05, 4.69) is 22.4 Å². The van der Waals surface area contributed by atoms with Crippen molar-refractivity contribution >= 4 is 0 Å². The van der Waals surface area contributed by atoms with Crippen molar-refractivity contribution in [1.29, 1.82) is 0 Å². The predicted octanol–water partition coefficient (Wildman–Crippen LogP) is 3.11. The van der Waals surface area contributed by atoms with Crippen LogP contribution in [0.15, 0.2) is 36.5 Å². The number of aromatic nitrogens is 3. The molecule has 1 aromatic carbocycles. The first-order valence-electron chi connectivity index (χ1n) is 7.00. The van der Waals surface area contributed by atoms with E-state index in [-0.39, 0.29) is 0 Å². The van der Waals surface area contributed by atoms with Gasteiger partial charge in [-0.1, -0.05) is 44.4 Å². The zero-order valence-corrected chi connectivity index (χ0v) is 11.7. The van der Waals surface area contributed by atoms with Gasteiger partial charge in [0.2, 0.25) is 0 Å². The molecule has 0 aliphatic rings. The van der Waals surface area contributed by atoms with Crippen LogP contribution in [0.4, 0.5) is 0 Å². The van der Waals surface area contributed by atoms with E-state index >= 15 is 0 Å². The lowest BCUT2D eigenvalue weighted by Gasteiger charge is -2.12. The Kier molecular flexibility index (Phi) is 5.10. The van der Waals surface area contributed by atoms with Crippen LogP contribution in [0.25, 0.3) is 5.69 Å². The molecule has 0 bridgehead atoms. The van der Waals surface area contributed by atoms with E-state index in [0.717, 1.165) is 17.8 Å². The number of para-hydroxylation sites is 1. The largest absolute Gasteiger partial charge is 0.312 e. The minimum Gasteiger partial charge on any atom is -0.312 e. The fourth-order valence-corrected chi connectivity index (χ4v) is 2.16. The molecule has 0 saturated heterocycles. The van der Waals surface area contributed by atoms with Crippen LogP contribution in [0.5, 0.6) is 0 Å². The highest BCUT2D eigenvalue weighted by molar-refractivity contribution is 5.28. The second kappa shape index (κ2) is 7.04. The maximum absolute atomic E-state index is 4.57. The topological polar surface area (TPSA) is 42.7 Å². The van der Waals surface area contributed by atoms with Gasteiger partial charge in [0.1, 0.15) is 5.69 Å². The Morgan fingerprint density at radius 1 is 1.21 bits per heavy atom. The summed E-state index contributed by atoms with van der Waals surface area (Å²) in [6, 6.07) is 10.3. The third kappa shape index (κ3) is 3.64. The van der Waals surface area contributed by atoms with Crippen LogP contribution >= 0.6 is 0 Å². The molecule has 4 nitrogen and oxygen atoms in total. The molecule has 1 N–H and O–H groups in total. The highest BCUT2D eigenvalue weighted by Gasteiger charge is 2.13. The highest BCUT2D eigenvalue weighted by atomic mass is 15.5. The number of unbranched alkanes of at least 4 members (excludes halogenated alkanes) is 2. The molecule has 0 spiro atoms. The van der Waals surface area contributed by atoms with Crippen molar-refractivity contribution in [2.75, 3.05) is 7.05 Å². The Morgan fingerprint density at radius 3 is 2.68 bits per heavy atom. The lowest BCUT2D eigenvalue weighted by molar-refractivity contribution is 0.498. The van der Waals surface area contributed by atoms with Crippen molar-refractivity contribution < 1.29 is 0 Å². The van der Waals surface area contributed by atoms with Crippen molar-refractivity contribution in [2.24, 2.45) is 0 Å². The van der Waals surface area contributed by atoms with Crippen LogP contribution in [0.1, 0.15) is 44.3 Å². The van der Waals surface area contributed by atoms with E-state index in [1.54, 1.807) is 4.80 Å². The lowest BCUT2D eigenvalue weighted by atomic mass is 10.1. The average molecular weight is 258 g/mol. The molecule has 1 unspecified atom stereocenters. The van der Waals surface area contributed by atoms with Crippen LogP contribution in [-0.4, -0.2) is 22.0 Å². The zero-order valence-electron chi connectivity index (χ0n) is 11.7. The Hall–Kier alpha value is -1.68. The fourth-order valence-electron chi connectivity index (χ4n) is 2.16. The molecule has 0 amide bonds. The zero-order chi connectivity index (χ0) is 13.5. The molecule has 0 radical (unpaired) electrons. The Labute approximate surface area is 114 Å². The molecule has 19 heavy (non-hydrogen) atoms. The first kappa shape index (κ1) is 13.7. The van der Waals surface area contributed by atoms with Gasteiger partial charge in [-0.05, 0) is 25.6 Å². The molecule has 1 aromatic heterocycles. The molecule has 2 aromatic rings. The lowest BCUT2D eigenvalue weighted by Crippen LogP contribution is -2.17. The number of rotatable bonds is 7. The standard InChI is InChI=1S/C15H22N4/c1-3-4-6-11-14(16-2)15-12-17-19(18-15)13-9-7-5-8-10-13/h5,7-10,12,14,16H,3-4,6,11H2,1-2H3. The molecule has 4 heteroatoms. The van der Waals surface area contributed by atoms with Gasteiger partial charge in [0.15, 0.2) is 0 Å². The fraction of sp³-hybridized carbons (Fsp3) is 0.467. The number of nitrogens with one attached hydrogen (secondary N) is 1. The first-order valence-corrected chi connectivity index (χ1v) is 7.00. The predicted molar refractivity (Wildman–Crippen MR) is 77.3 cm³/mol. The van der Waals surface area contributed by atoms with Crippen LogP contribution < -0.4 is 5.32 Å². The summed E-state index contributed by atoms with van der Waals surface area (Å²) in [6.45, 7) is 2.22.